The molecule has 0 unspecified atom stereocenters. The van der Waals surface area contributed by atoms with E-state index in [4.69, 9.17) is 0 Å². The van der Waals surface area contributed by atoms with Gasteiger partial charge in [0.15, 0.2) is 0 Å². The highest BCUT2D eigenvalue weighted by molar-refractivity contribution is 7.92. The van der Waals surface area contributed by atoms with Gasteiger partial charge in [0.25, 0.3) is 27.5 Å². The molecule has 1 heterocycles. The molecule has 32 heavy (non-hydrogen) atoms. The lowest BCUT2D eigenvalue weighted by Gasteiger charge is -2.15. The first-order valence-corrected chi connectivity index (χ1v) is 11.0. The molecule has 3 aromatic rings. The van der Waals surface area contributed by atoms with Gasteiger partial charge in [0.05, 0.1) is 33.2 Å². The number of carbonyl (C=O) groups excluding carboxylic acids is 2. The number of hydrogen-bond donors (Lipinski definition) is 1. The van der Waals surface area contributed by atoms with Gasteiger partial charge in [-0.05, 0) is 48.4 Å². The number of sulfonamides is 1. The Morgan fingerprint density at radius 1 is 0.938 bits per heavy atom. The highest BCUT2D eigenvalue weighted by Crippen LogP contribution is 2.26. The number of nitrogens with zero attached hydrogens (tertiary/aromatic N) is 2. The molecule has 0 atom stereocenters. The minimum atomic E-state index is -3.95. The Labute approximate surface area is 183 Å². The molecular weight excluding hydrogens is 434 g/mol. The zero-order chi connectivity index (χ0) is 23.0. The first kappa shape index (κ1) is 21.2. The maximum absolute atomic E-state index is 12.7. The lowest BCUT2D eigenvalue weighted by atomic mass is 10.1. The molecule has 1 N–H and O–H groups in total. The van der Waals surface area contributed by atoms with E-state index in [2.05, 4.69) is 4.72 Å². The molecule has 10 heteroatoms. The highest BCUT2D eigenvalue weighted by atomic mass is 32.2. The highest BCUT2D eigenvalue weighted by Gasteiger charge is 2.35. The first-order chi connectivity index (χ1) is 15.2. The summed E-state index contributed by atoms with van der Waals surface area (Å²) in [6.07, 6.45) is 0. The molecule has 162 valence electrons. The molecule has 2 amide bonds. The molecule has 1 aliphatic rings. The topological polar surface area (TPSA) is 127 Å². The SMILES string of the molecule is Cc1cc([N+](=O)[O-])ccc1NS(=O)(=O)c1ccc(CN2C(=O)c3ccccc3C2=O)cc1. The maximum atomic E-state index is 12.7. The minimum absolute atomic E-state index is 0.0154. The molecule has 0 aliphatic carbocycles. The van der Waals surface area contributed by atoms with Gasteiger partial charge in [0.1, 0.15) is 0 Å². The van der Waals surface area contributed by atoms with E-state index in [0.29, 0.717) is 22.3 Å². The molecule has 0 spiro atoms. The molecule has 0 bridgehead atoms. The lowest BCUT2D eigenvalue weighted by molar-refractivity contribution is -0.384. The van der Waals surface area contributed by atoms with Crippen molar-refractivity contribution >= 4 is 33.2 Å². The average molecular weight is 451 g/mol. The van der Waals surface area contributed by atoms with Crippen LogP contribution in [0.3, 0.4) is 0 Å². The van der Waals surface area contributed by atoms with Crippen LogP contribution in [0.2, 0.25) is 0 Å². The summed E-state index contributed by atoms with van der Waals surface area (Å²) in [7, 11) is -3.95. The number of nitro benzene ring substituents is 1. The predicted molar refractivity (Wildman–Crippen MR) is 116 cm³/mol. The number of anilines is 1. The Hall–Kier alpha value is -4.05. The van der Waals surface area contributed by atoms with Crippen LogP contribution in [0.5, 0.6) is 0 Å². The zero-order valence-electron chi connectivity index (χ0n) is 16.8. The van der Waals surface area contributed by atoms with E-state index in [-0.39, 0.29) is 22.8 Å². The molecule has 0 aromatic heterocycles. The van der Waals surface area contributed by atoms with Crippen LogP contribution in [0.1, 0.15) is 31.8 Å². The second kappa shape index (κ2) is 7.89. The fraction of sp³-hybridized carbons (Fsp3) is 0.0909. The summed E-state index contributed by atoms with van der Waals surface area (Å²) >= 11 is 0. The van der Waals surface area contributed by atoms with E-state index in [0.717, 1.165) is 4.90 Å². The molecule has 1 aliphatic heterocycles. The van der Waals surface area contributed by atoms with Crippen LogP contribution in [-0.2, 0) is 16.6 Å². The van der Waals surface area contributed by atoms with Gasteiger partial charge >= 0.3 is 0 Å². The van der Waals surface area contributed by atoms with E-state index >= 15 is 0 Å². The molecule has 3 aromatic carbocycles. The van der Waals surface area contributed by atoms with E-state index in [9.17, 15) is 28.1 Å². The number of rotatable bonds is 6. The Bertz CT molecular complexity index is 1330. The van der Waals surface area contributed by atoms with E-state index in [1.165, 1.54) is 42.5 Å². The minimum Gasteiger partial charge on any atom is -0.279 e. The zero-order valence-corrected chi connectivity index (χ0v) is 17.6. The number of nitro groups is 1. The summed E-state index contributed by atoms with van der Waals surface area (Å²) < 4.78 is 27.9. The normalized spacial score (nSPS) is 13.2. The first-order valence-electron chi connectivity index (χ1n) is 9.49. The van der Waals surface area contributed by atoms with Gasteiger partial charge in [0, 0.05) is 12.1 Å². The van der Waals surface area contributed by atoms with Crippen LogP contribution in [0.25, 0.3) is 0 Å². The van der Waals surface area contributed by atoms with E-state index in [1.807, 2.05) is 0 Å². The van der Waals surface area contributed by atoms with Crippen LogP contribution >= 0.6 is 0 Å². The number of aryl methyl sites for hydroxylation is 1. The average Bonchev–Trinajstić information content (AvgIpc) is 3.00. The number of carbonyl (C=O) groups is 2. The van der Waals surface area contributed by atoms with Crippen molar-refractivity contribution in [1.29, 1.82) is 0 Å². The quantitative estimate of drug-likeness (QED) is 0.347. The number of fused-ring (bicyclic) bond motifs is 1. The fourth-order valence-corrected chi connectivity index (χ4v) is 4.55. The van der Waals surface area contributed by atoms with Crippen LogP contribution in [0.15, 0.2) is 71.6 Å². The smallest absolute Gasteiger partial charge is 0.269 e. The summed E-state index contributed by atoms with van der Waals surface area (Å²) in [5.41, 5.74) is 1.78. The molecule has 4 rings (SSSR count). The third-order valence-corrected chi connectivity index (χ3v) is 6.50. The van der Waals surface area contributed by atoms with Crippen molar-refractivity contribution in [1.82, 2.24) is 4.90 Å². The molecular formula is C22H17N3O6S. The van der Waals surface area contributed by atoms with E-state index in [1.54, 1.807) is 31.2 Å². The van der Waals surface area contributed by atoms with Gasteiger partial charge in [-0.3, -0.25) is 29.3 Å². The molecule has 0 saturated carbocycles. The molecule has 0 radical (unpaired) electrons. The van der Waals surface area contributed by atoms with Gasteiger partial charge < -0.3 is 0 Å². The summed E-state index contributed by atoms with van der Waals surface area (Å²) in [5.74, 6) is -0.782. The van der Waals surface area contributed by atoms with Gasteiger partial charge in [-0.25, -0.2) is 8.42 Å². The predicted octanol–water partition coefficient (Wildman–Crippen LogP) is 3.50. The van der Waals surface area contributed by atoms with Gasteiger partial charge in [-0.1, -0.05) is 24.3 Å². The number of nitrogens with one attached hydrogen (secondary N) is 1. The van der Waals surface area contributed by atoms with E-state index < -0.39 is 26.8 Å². The third-order valence-electron chi connectivity index (χ3n) is 5.12. The summed E-state index contributed by atoms with van der Waals surface area (Å²) in [6, 6.07) is 16.2. The Morgan fingerprint density at radius 2 is 1.53 bits per heavy atom. The van der Waals surface area contributed by atoms with Gasteiger partial charge in [-0.2, -0.15) is 0 Å². The lowest BCUT2D eigenvalue weighted by Crippen LogP contribution is -2.29. The second-order valence-electron chi connectivity index (χ2n) is 7.25. The van der Waals surface area contributed by atoms with Gasteiger partial charge in [0.2, 0.25) is 0 Å². The number of benzene rings is 3. The van der Waals surface area contributed by atoms with Crippen LogP contribution in [0, 0.1) is 17.0 Å². The van der Waals surface area contributed by atoms with Crippen molar-refractivity contribution in [3.63, 3.8) is 0 Å². The molecule has 0 saturated heterocycles. The Balaban J connectivity index is 1.51. The van der Waals surface area contributed by atoms with Crippen molar-refractivity contribution in [2.75, 3.05) is 4.72 Å². The van der Waals surface area contributed by atoms with Crippen LogP contribution in [-0.4, -0.2) is 30.1 Å². The number of amides is 2. The van der Waals surface area contributed by atoms with Crippen molar-refractivity contribution in [2.24, 2.45) is 0 Å². The number of imide groups is 1. The van der Waals surface area contributed by atoms with Crippen molar-refractivity contribution < 1.29 is 22.9 Å². The van der Waals surface area contributed by atoms with Crippen molar-refractivity contribution in [2.45, 2.75) is 18.4 Å². The number of non-ortho nitro benzene ring substituents is 1. The van der Waals surface area contributed by atoms with Gasteiger partial charge in [-0.15, -0.1) is 0 Å². The van der Waals surface area contributed by atoms with Crippen molar-refractivity contribution in [3.05, 3.63) is 99.1 Å². The Morgan fingerprint density at radius 3 is 2.06 bits per heavy atom. The molecule has 9 nitrogen and oxygen atoms in total. The monoisotopic (exact) mass is 451 g/mol. The largest absolute Gasteiger partial charge is 0.279 e. The fourth-order valence-electron chi connectivity index (χ4n) is 3.42. The third kappa shape index (κ3) is 3.83. The number of hydrogen-bond acceptors (Lipinski definition) is 6. The van der Waals surface area contributed by atoms with Crippen molar-refractivity contribution in [3.8, 4) is 0 Å². The summed E-state index contributed by atoms with van der Waals surface area (Å²) in [5, 5.41) is 10.9. The summed E-state index contributed by atoms with van der Waals surface area (Å²) in [6.45, 7) is 1.58. The molecule has 0 fully saturated rings. The second-order valence-corrected chi connectivity index (χ2v) is 8.93. The Kier molecular flexibility index (Phi) is 5.23. The summed E-state index contributed by atoms with van der Waals surface area (Å²) in [4.78, 5) is 36.4. The maximum Gasteiger partial charge on any atom is 0.269 e. The van der Waals surface area contributed by atoms with Crippen LogP contribution < -0.4 is 4.72 Å². The standard InChI is InChI=1S/C22H17N3O6S/c1-14-12-16(25(28)29)8-11-20(14)23-32(30,31)17-9-6-15(7-10-17)13-24-21(26)18-4-2-3-5-19(18)22(24)27/h2-12,23H,13H2,1H3. The van der Waals surface area contributed by atoms with Crippen LogP contribution in [0.4, 0.5) is 11.4 Å².